The molecular weight excluding hydrogens is 817 g/mol. The zero-order valence-electron chi connectivity index (χ0n) is 45.7. The molecule has 0 aliphatic rings. The summed E-state index contributed by atoms with van der Waals surface area (Å²) in [5, 5.41) is 0. The van der Waals surface area contributed by atoms with E-state index in [4.69, 9.17) is 0 Å². The highest BCUT2D eigenvalue weighted by Gasteiger charge is 2.08. The molecule has 0 saturated heterocycles. The molecule has 0 aromatic heterocycles. The fourth-order valence-electron chi connectivity index (χ4n) is 8.10. The highest BCUT2D eigenvalue weighted by Crippen LogP contribution is 2.30. The van der Waals surface area contributed by atoms with Gasteiger partial charge in [-0.25, -0.2) is 0 Å². The van der Waals surface area contributed by atoms with Crippen molar-refractivity contribution in [2.45, 2.75) is 138 Å². The third-order valence-electron chi connectivity index (χ3n) is 14.7. The fourth-order valence-corrected chi connectivity index (χ4v) is 8.10. The third-order valence-corrected chi connectivity index (χ3v) is 14.7. The molecule has 0 atom stereocenters. The first-order valence-electron chi connectivity index (χ1n) is 24.5. The van der Waals surface area contributed by atoms with Crippen LogP contribution in [0.25, 0.3) is 33.4 Å². The van der Waals surface area contributed by atoms with Crippen LogP contribution in [0.5, 0.6) is 0 Å². The molecule has 0 unspecified atom stereocenters. The van der Waals surface area contributed by atoms with E-state index in [2.05, 4.69) is 272 Å². The maximum Gasteiger partial charge on any atom is -0.0149 e. The first-order valence-corrected chi connectivity index (χ1v) is 24.5. The van der Waals surface area contributed by atoms with Crippen molar-refractivity contribution in [2.75, 3.05) is 0 Å². The van der Waals surface area contributed by atoms with Crippen molar-refractivity contribution in [1.82, 2.24) is 0 Å². The van der Waals surface area contributed by atoms with E-state index in [0.29, 0.717) is 0 Å². The van der Waals surface area contributed by atoms with E-state index in [-0.39, 0.29) is 0 Å². The van der Waals surface area contributed by atoms with Crippen LogP contribution in [0.15, 0.2) is 133 Å². The van der Waals surface area contributed by atoms with Crippen molar-refractivity contribution < 1.29 is 0 Å². The van der Waals surface area contributed by atoms with Crippen molar-refractivity contribution in [1.29, 1.82) is 0 Å². The lowest BCUT2D eigenvalue weighted by molar-refractivity contribution is 1.22. The van der Waals surface area contributed by atoms with E-state index in [1.54, 1.807) is 0 Å². The number of hydrogen-bond donors (Lipinski definition) is 0. The maximum absolute atomic E-state index is 2.27. The molecule has 8 rings (SSSR count). The summed E-state index contributed by atoms with van der Waals surface area (Å²) in [6.45, 7) is 43.4. The van der Waals surface area contributed by atoms with Gasteiger partial charge < -0.3 is 0 Å². The lowest BCUT2D eigenvalue weighted by Crippen LogP contribution is -1.91. The number of hydrogen-bond acceptors (Lipinski definition) is 0. The summed E-state index contributed by atoms with van der Waals surface area (Å²) in [7, 11) is 0. The minimum Gasteiger partial charge on any atom is -0.0614 e. The average Bonchev–Trinajstić information content (AvgIpc) is 3.30. The Morgan fingerprint density at radius 2 is 0.397 bits per heavy atom. The predicted octanol–water partition coefficient (Wildman–Crippen LogP) is 19.6. The van der Waals surface area contributed by atoms with Gasteiger partial charge in [0.1, 0.15) is 0 Å². The third kappa shape index (κ3) is 14.4. The van der Waals surface area contributed by atoms with Crippen LogP contribution in [0.1, 0.15) is 111 Å². The Bertz CT molecular complexity index is 2810. The lowest BCUT2D eigenvalue weighted by Gasteiger charge is -2.12. The van der Waals surface area contributed by atoms with Crippen LogP contribution in [-0.4, -0.2) is 0 Å². The Labute approximate surface area is 414 Å². The minimum atomic E-state index is 1.31. The molecule has 0 spiro atoms. The van der Waals surface area contributed by atoms with Gasteiger partial charge in [0.2, 0.25) is 0 Å². The molecule has 8 aromatic rings. The number of aryl methyl sites for hydroxylation is 15. The molecule has 0 heteroatoms. The normalized spacial score (nSPS) is 10.4. The fraction of sp³-hybridized carbons (Fsp3) is 0.294. The summed E-state index contributed by atoms with van der Waals surface area (Å²) >= 11 is 0. The van der Waals surface area contributed by atoms with E-state index in [1.807, 2.05) is 0 Å². The van der Waals surface area contributed by atoms with Crippen LogP contribution in [0.2, 0.25) is 0 Å². The summed E-state index contributed by atoms with van der Waals surface area (Å²) in [5.41, 5.74) is 35.6. The largest absolute Gasteiger partial charge is 0.0614 e. The van der Waals surface area contributed by atoms with Gasteiger partial charge in [0.25, 0.3) is 0 Å². The molecule has 0 aliphatic carbocycles. The van der Waals surface area contributed by atoms with Crippen LogP contribution in [-0.2, 0) is 0 Å². The van der Waals surface area contributed by atoms with Crippen LogP contribution in [0.3, 0.4) is 0 Å². The van der Waals surface area contributed by atoms with Crippen LogP contribution >= 0.6 is 0 Å². The van der Waals surface area contributed by atoms with Gasteiger partial charge in [0, 0.05) is 0 Å². The Morgan fingerprint density at radius 3 is 0.721 bits per heavy atom. The predicted molar refractivity (Wildman–Crippen MR) is 303 cm³/mol. The van der Waals surface area contributed by atoms with Gasteiger partial charge in [-0.15, -0.1) is 0 Å². The van der Waals surface area contributed by atoms with E-state index in [9.17, 15) is 0 Å². The Kier molecular flexibility index (Phi) is 19.7. The van der Waals surface area contributed by atoms with Crippen molar-refractivity contribution >= 4 is 0 Å². The van der Waals surface area contributed by atoms with Gasteiger partial charge in [-0.3, -0.25) is 0 Å². The molecule has 0 bridgehead atoms. The van der Waals surface area contributed by atoms with Crippen molar-refractivity contribution in [3.05, 3.63) is 245 Å². The monoisotopic (exact) mass is 899 g/mol. The zero-order valence-corrected chi connectivity index (χ0v) is 45.7. The molecule has 0 heterocycles. The van der Waals surface area contributed by atoms with Crippen LogP contribution in [0.4, 0.5) is 0 Å². The first-order chi connectivity index (χ1) is 32.0. The molecule has 0 nitrogen and oxygen atoms in total. The summed E-state index contributed by atoms with van der Waals surface area (Å²) in [4.78, 5) is 0. The average molecular weight is 899 g/mol. The van der Waals surface area contributed by atoms with E-state index in [1.165, 1.54) is 145 Å². The number of benzene rings is 8. The molecule has 0 amide bonds. The van der Waals surface area contributed by atoms with E-state index in [0.717, 1.165) is 0 Å². The summed E-state index contributed by atoms with van der Waals surface area (Å²) in [6, 6.07) is 48.4. The van der Waals surface area contributed by atoms with Gasteiger partial charge in [-0.05, 0) is 283 Å². The Balaban J connectivity index is 0.000000188. The second kappa shape index (κ2) is 24.7. The lowest BCUT2D eigenvalue weighted by atomic mass is 9.92. The highest BCUT2D eigenvalue weighted by atomic mass is 14.1. The maximum atomic E-state index is 2.27. The Morgan fingerprint density at radius 1 is 0.162 bits per heavy atom. The molecule has 8 aromatic carbocycles. The summed E-state index contributed by atoms with van der Waals surface area (Å²) < 4.78 is 0. The Hall–Kier alpha value is -6.24. The van der Waals surface area contributed by atoms with Crippen LogP contribution in [0, 0.1) is 138 Å². The first kappa shape index (κ1) is 54.4. The van der Waals surface area contributed by atoms with Gasteiger partial charge in [-0.2, -0.15) is 0 Å². The molecule has 0 saturated carbocycles. The molecule has 0 aliphatic heterocycles. The summed E-state index contributed by atoms with van der Waals surface area (Å²) in [6.07, 6.45) is 0. The van der Waals surface area contributed by atoms with Crippen molar-refractivity contribution in [3.8, 4) is 33.4 Å². The molecular formula is C68H82. The summed E-state index contributed by atoms with van der Waals surface area (Å²) in [5.74, 6) is 0. The second-order valence-corrected chi connectivity index (χ2v) is 19.6. The standard InChI is InChI=1S/3C16H18.2C10H14/c1-11-5-7-15(9-13(11)3)16-8-6-12(2)14(4)10-16;1-11-7-5-9-15(13(11)3)16-10-6-8-12(2)14(16)4;1-11-8-9-15(10-13(11)3)16-7-5-6-12(2)14(16)4;1-7-5-9(3)10(4)6-8(7)2;1-7-5-6-8(2)10(4)9(7)3/h3*5-10H,1-4H3;2*5-6H,1-4H3. The minimum absolute atomic E-state index is 1.31. The van der Waals surface area contributed by atoms with Crippen molar-refractivity contribution in [2.24, 2.45) is 0 Å². The van der Waals surface area contributed by atoms with Gasteiger partial charge >= 0.3 is 0 Å². The quantitative estimate of drug-likeness (QED) is 0.166. The van der Waals surface area contributed by atoms with E-state index < -0.39 is 0 Å². The molecule has 354 valence electrons. The molecule has 68 heavy (non-hydrogen) atoms. The van der Waals surface area contributed by atoms with Gasteiger partial charge in [-0.1, -0.05) is 133 Å². The van der Waals surface area contributed by atoms with Crippen LogP contribution < -0.4 is 0 Å². The van der Waals surface area contributed by atoms with Gasteiger partial charge in [0.15, 0.2) is 0 Å². The number of rotatable bonds is 3. The SMILES string of the molecule is Cc1cc(C)c(C)cc1C.Cc1ccc(-c2ccc(C)c(C)c2)cc1C.Cc1ccc(-c2cccc(C)c2C)cc1C.Cc1ccc(C)c(C)c1C.Cc1cccc(-c2cccc(C)c2C)c1C. The van der Waals surface area contributed by atoms with E-state index >= 15 is 0 Å². The molecule has 0 radical (unpaired) electrons. The molecule has 0 N–H and O–H groups in total. The molecule has 0 fully saturated rings. The van der Waals surface area contributed by atoms with Crippen molar-refractivity contribution in [3.63, 3.8) is 0 Å². The smallest absolute Gasteiger partial charge is 0.0149 e. The highest BCUT2D eigenvalue weighted by molar-refractivity contribution is 5.73. The second-order valence-electron chi connectivity index (χ2n) is 19.6. The topological polar surface area (TPSA) is 0 Å². The zero-order chi connectivity index (χ0) is 50.6. The van der Waals surface area contributed by atoms with Gasteiger partial charge in [0.05, 0.1) is 0 Å².